The predicted molar refractivity (Wildman–Crippen MR) is 187 cm³/mol. The molecule has 14 heteroatoms. The maximum absolute atomic E-state index is 13.6. The maximum atomic E-state index is 13.6. The SMILES string of the molecule is C#CCCC1(CCC(=O)N2CCN(CCOc3cc(C(=O)Nc4nc(-c5ccccn5)cs4)cc(C(=O)N4CCN(C)CC4)c3)CC2)N=N1. The molecule has 3 aliphatic heterocycles. The Morgan fingerprint density at radius 3 is 2.43 bits per heavy atom. The molecule has 3 aromatic rings. The van der Waals surface area contributed by atoms with Crippen LogP contribution in [0.1, 0.15) is 46.4 Å². The van der Waals surface area contributed by atoms with E-state index in [0.29, 0.717) is 98.4 Å². The number of pyridine rings is 1. The largest absolute Gasteiger partial charge is 0.492 e. The zero-order valence-electron chi connectivity index (χ0n) is 27.7. The van der Waals surface area contributed by atoms with E-state index in [1.165, 1.54) is 11.3 Å². The molecular weight excluding hydrogens is 643 g/mol. The van der Waals surface area contributed by atoms with Crippen LogP contribution < -0.4 is 10.1 Å². The number of piperazine rings is 2. The number of rotatable bonds is 13. The fourth-order valence-corrected chi connectivity index (χ4v) is 6.61. The normalized spacial score (nSPS) is 17.4. The molecule has 0 radical (unpaired) electrons. The van der Waals surface area contributed by atoms with Crippen molar-refractivity contribution >= 4 is 34.2 Å². The molecule has 0 aliphatic carbocycles. The van der Waals surface area contributed by atoms with Crippen LogP contribution in [-0.2, 0) is 4.79 Å². The molecule has 256 valence electrons. The number of ether oxygens (including phenoxy) is 1. The second-order valence-corrected chi connectivity index (χ2v) is 13.4. The summed E-state index contributed by atoms with van der Waals surface area (Å²) in [5.74, 6) is 2.67. The van der Waals surface area contributed by atoms with Crippen molar-refractivity contribution < 1.29 is 19.1 Å². The van der Waals surface area contributed by atoms with Gasteiger partial charge in [-0.25, -0.2) is 4.98 Å². The van der Waals surface area contributed by atoms with Gasteiger partial charge < -0.3 is 19.4 Å². The third-order valence-electron chi connectivity index (χ3n) is 9.05. The summed E-state index contributed by atoms with van der Waals surface area (Å²) in [6.07, 6.45) is 9.38. The number of nitrogens with one attached hydrogen (secondary N) is 1. The number of aromatic nitrogens is 2. The highest BCUT2D eigenvalue weighted by atomic mass is 32.1. The van der Waals surface area contributed by atoms with E-state index in [0.717, 1.165) is 26.2 Å². The Labute approximate surface area is 290 Å². The van der Waals surface area contributed by atoms with Crippen LogP contribution >= 0.6 is 11.3 Å². The van der Waals surface area contributed by atoms with Crippen molar-refractivity contribution in [2.45, 2.75) is 31.3 Å². The topological polar surface area (TPSA) is 136 Å². The summed E-state index contributed by atoms with van der Waals surface area (Å²) in [6, 6.07) is 10.6. The van der Waals surface area contributed by atoms with E-state index >= 15 is 0 Å². The van der Waals surface area contributed by atoms with Crippen molar-refractivity contribution in [3.8, 4) is 29.5 Å². The fourth-order valence-electron chi connectivity index (χ4n) is 5.91. The average molecular weight is 684 g/mol. The van der Waals surface area contributed by atoms with Gasteiger partial charge in [-0.15, -0.1) is 23.7 Å². The van der Waals surface area contributed by atoms with Crippen LogP contribution in [0.4, 0.5) is 5.13 Å². The number of hydrogen-bond donors (Lipinski definition) is 1. The Morgan fingerprint density at radius 2 is 1.71 bits per heavy atom. The van der Waals surface area contributed by atoms with Crippen LogP contribution in [0.5, 0.6) is 5.75 Å². The lowest BCUT2D eigenvalue weighted by Gasteiger charge is -2.34. The van der Waals surface area contributed by atoms with Crippen LogP contribution in [0.2, 0.25) is 0 Å². The number of carbonyl (C=O) groups is 3. The molecule has 0 atom stereocenters. The number of hydrogen-bond acceptors (Lipinski definition) is 11. The lowest BCUT2D eigenvalue weighted by atomic mass is 10.0. The smallest absolute Gasteiger partial charge is 0.257 e. The quantitative estimate of drug-likeness (QED) is 0.270. The van der Waals surface area contributed by atoms with Crippen molar-refractivity contribution in [3.63, 3.8) is 0 Å². The Kier molecular flexibility index (Phi) is 10.9. The van der Waals surface area contributed by atoms with Gasteiger partial charge in [0.1, 0.15) is 18.1 Å². The van der Waals surface area contributed by atoms with E-state index in [1.807, 2.05) is 40.4 Å². The third kappa shape index (κ3) is 9.05. The molecule has 1 N–H and O–H groups in total. The Balaban J connectivity index is 1.05. The summed E-state index contributed by atoms with van der Waals surface area (Å²) in [7, 11) is 2.04. The van der Waals surface area contributed by atoms with E-state index in [-0.39, 0.29) is 17.7 Å². The molecule has 0 bridgehead atoms. The summed E-state index contributed by atoms with van der Waals surface area (Å²) in [4.78, 5) is 56.8. The molecular formula is C35H41N9O4S. The van der Waals surface area contributed by atoms with Gasteiger partial charge in [0.15, 0.2) is 10.8 Å². The zero-order chi connectivity index (χ0) is 34.2. The van der Waals surface area contributed by atoms with E-state index in [1.54, 1.807) is 24.4 Å². The average Bonchev–Trinajstić information content (AvgIpc) is 3.76. The molecule has 2 aromatic heterocycles. The molecule has 49 heavy (non-hydrogen) atoms. The summed E-state index contributed by atoms with van der Waals surface area (Å²) in [6.45, 7) is 6.55. The van der Waals surface area contributed by atoms with Crippen LogP contribution in [0.15, 0.2) is 58.2 Å². The lowest BCUT2D eigenvalue weighted by molar-refractivity contribution is -0.133. The molecule has 2 saturated heterocycles. The number of likely N-dealkylation sites (N-methyl/N-ethyl adjacent to an activating group) is 1. The van der Waals surface area contributed by atoms with E-state index in [2.05, 4.69) is 41.2 Å². The summed E-state index contributed by atoms with van der Waals surface area (Å²) >= 11 is 1.31. The number of terminal acetylenes is 1. The van der Waals surface area contributed by atoms with Gasteiger partial charge in [-0.1, -0.05) is 6.07 Å². The van der Waals surface area contributed by atoms with Gasteiger partial charge >= 0.3 is 0 Å². The van der Waals surface area contributed by atoms with E-state index in [4.69, 9.17) is 11.2 Å². The lowest BCUT2D eigenvalue weighted by Crippen LogP contribution is -2.49. The van der Waals surface area contributed by atoms with E-state index in [9.17, 15) is 14.4 Å². The van der Waals surface area contributed by atoms with E-state index < -0.39 is 5.66 Å². The molecule has 2 fully saturated rings. The molecule has 1 aromatic carbocycles. The van der Waals surface area contributed by atoms with Crippen LogP contribution in [0.25, 0.3) is 11.4 Å². The third-order valence-corrected chi connectivity index (χ3v) is 9.81. The zero-order valence-corrected chi connectivity index (χ0v) is 28.5. The van der Waals surface area contributed by atoms with Gasteiger partial charge in [-0.3, -0.25) is 29.6 Å². The molecule has 13 nitrogen and oxygen atoms in total. The van der Waals surface area contributed by atoms with Gasteiger partial charge in [-0.2, -0.15) is 10.2 Å². The maximum Gasteiger partial charge on any atom is 0.257 e. The summed E-state index contributed by atoms with van der Waals surface area (Å²) in [5.41, 5.74) is 1.65. The first-order chi connectivity index (χ1) is 23.8. The monoisotopic (exact) mass is 683 g/mol. The van der Waals surface area contributed by atoms with Crippen molar-refractivity contribution in [2.24, 2.45) is 10.2 Å². The molecule has 6 rings (SSSR count). The molecule has 5 heterocycles. The van der Waals surface area contributed by atoms with Crippen molar-refractivity contribution in [3.05, 3.63) is 59.1 Å². The highest BCUT2D eigenvalue weighted by molar-refractivity contribution is 7.14. The van der Waals surface area contributed by atoms with Crippen molar-refractivity contribution in [2.75, 3.05) is 77.9 Å². The number of anilines is 1. The number of amides is 3. The first kappa shape index (κ1) is 34.2. The number of carbonyl (C=O) groups excluding carboxylic acids is 3. The van der Waals surface area contributed by atoms with Crippen molar-refractivity contribution in [1.29, 1.82) is 0 Å². The van der Waals surface area contributed by atoms with Gasteiger partial charge in [0.05, 0.1) is 5.69 Å². The van der Waals surface area contributed by atoms with Crippen LogP contribution in [-0.4, -0.2) is 126 Å². The molecule has 0 unspecified atom stereocenters. The van der Waals surface area contributed by atoms with Gasteiger partial charge in [0, 0.05) is 107 Å². The van der Waals surface area contributed by atoms with Crippen LogP contribution in [0, 0.1) is 12.3 Å². The van der Waals surface area contributed by atoms with Gasteiger partial charge in [-0.05, 0) is 37.4 Å². The standard InChI is InChI=1S/C35H41N9O4S/c1-3-4-9-35(39-40-35)10-8-31(45)43-18-14-42(15-19-43)20-21-48-28-23-26(22-27(24-28)33(47)44-16-12-41(2)13-17-44)32(46)38-34-37-30(25-49-34)29-7-5-6-11-36-29/h1,5-7,11,22-25H,4,8-10,12-21H2,2H3,(H,37,38,46). The number of thiazole rings is 1. The predicted octanol–water partition coefficient (Wildman–Crippen LogP) is 3.72. The highest BCUT2D eigenvalue weighted by Crippen LogP contribution is 2.37. The Hall–Kier alpha value is -4.71. The first-order valence-electron chi connectivity index (χ1n) is 16.6. The minimum absolute atomic E-state index is 0.117. The number of nitrogens with zero attached hydrogens (tertiary/aromatic N) is 8. The molecule has 3 amide bonds. The molecule has 3 aliphatic rings. The summed E-state index contributed by atoms with van der Waals surface area (Å²) in [5, 5.41) is 13.4. The minimum Gasteiger partial charge on any atom is -0.492 e. The van der Waals surface area contributed by atoms with Crippen LogP contribution in [0.3, 0.4) is 0 Å². The Bertz CT molecular complexity index is 1700. The number of benzene rings is 1. The Morgan fingerprint density at radius 1 is 0.959 bits per heavy atom. The second kappa shape index (κ2) is 15.7. The summed E-state index contributed by atoms with van der Waals surface area (Å²) < 4.78 is 6.16. The minimum atomic E-state index is -0.446. The van der Waals surface area contributed by atoms with Crippen molar-refractivity contribution in [1.82, 2.24) is 29.6 Å². The fraction of sp³-hybridized carbons (Fsp3) is 0.457. The van der Waals surface area contributed by atoms with Gasteiger partial charge in [0.2, 0.25) is 5.91 Å². The highest BCUT2D eigenvalue weighted by Gasteiger charge is 2.39. The molecule has 0 saturated carbocycles. The van der Waals surface area contributed by atoms with Gasteiger partial charge in [0.25, 0.3) is 11.8 Å². The first-order valence-corrected chi connectivity index (χ1v) is 17.5. The second-order valence-electron chi connectivity index (χ2n) is 12.5. The molecule has 0 spiro atoms.